The number of carbonyl (C=O) groups excluding carboxylic acids is 1. The van der Waals surface area contributed by atoms with Gasteiger partial charge in [-0.05, 0) is 69.0 Å². The van der Waals surface area contributed by atoms with Gasteiger partial charge < -0.3 is 24.5 Å². The van der Waals surface area contributed by atoms with E-state index in [1.807, 2.05) is 19.9 Å². The van der Waals surface area contributed by atoms with E-state index in [4.69, 9.17) is 19.2 Å². The zero-order valence-corrected chi connectivity index (χ0v) is 20.4. The first-order chi connectivity index (χ1) is 17.1. The molecule has 1 saturated carbocycles. The average molecular weight is 479 g/mol. The van der Waals surface area contributed by atoms with E-state index in [1.54, 1.807) is 12.1 Å². The van der Waals surface area contributed by atoms with Crippen molar-refractivity contribution in [1.82, 2.24) is 20.6 Å². The first-order valence-corrected chi connectivity index (χ1v) is 12.6. The molecule has 0 radical (unpaired) electrons. The zero-order valence-electron chi connectivity index (χ0n) is 20.4. The fourth-order valence-electron chi connectivity index (χ4n) is 4.97. The van der Waals surface area contributed by atoms with Gasteiger partial charge in [-0.3, -0.25) is 10.1 Å². The number of carbonyl (C=O) groups is 1. The summed E-state index contributed by atoms with van der Waals surface area (Å²) in [6.45, 7) is 6.47. The molecule has 1 aromatic heterocycles. The second kappa shape index (κ2) is 10.7. The smallest absolute Gasteiger partial charge is 0.251 e. The van der Waals surface area contributed by atoms with Gasteiger partial charge in [0.05, 0.1) is 11.0 Å². The third-order valence-electron chi connectivity index (χ3n) is 6.78. The summed E-state index contributed by atoms with van der Waals surface area (Å²) in [4.78, 5) is 21.4. The molecule has 5 rings (SSSR count). The van der Waals surface area contributed by atoms with Crippen LogP contribution in [0.3, 0.4) is 0 Å². The molecule has 1 aliphatic heterocycles. The van der Waals surface area contributed by atoms with Crippen LogP contribution in [0.15, 0.2) is 36.4 Å². The molecule has 8 heteroatoms. The topological polar surface area (TPSA) is 97.5 Å². The van der Waals surface area contributed by atoms with E-state index >= 15 is 0 Å². The maximum Gasteiger partial charge on any atom is 0.251 e. The van der Waals surface area contributed by atoms with Crippen molar-refractivity contribution in [1.29, 1.82) is 0 Å². The second-order valence-electron chi connectivity index (χ2n) is 9.34. The molecule has 1 fully saturated rings. The minimum absolute atomic E-state index is 0.0157. The lowest BCUT2D eigenvalue weighted by Gasteiger charge is -2.29. The molecule has 0 saturated heterocycles. The lowest BCUT2D eigenvalue weighted by molar-refractivity contribution is 0.0506. The Bertz CT molecular complexity index is 1180. The van der Waals surface area contributed by atoms with Crippen molar-refractivity contribution in [2.75, 3.05) is 19.8 Å². The number of nitrogens with zero attached hydrogens (tertiary/aromatic N) is 1. The Hall–Kier alpha value is -3.10. The SMILES string of the molecule is CCOC(C)NCc1ccc2[nH]c([C@H]3CCC[C@@H](NC(=O)c4ccc5c(c4)OCCO5)C3)nc2c1. The Morgan fingerprint density at radius 1 is 1.17 bits per heavy atom. The molecule has 2 heterocycles. The monoisotopic (exact) mass is 478 g/mol. The summed E-state index contributed by atoms with van der Waals surface area (Å²) in [6, 6.07) is 11.8. The Labute approximate surface area is 205 Å². The van der Waals surface area contributed by atoms with Crippen LogP contribution in [0.25, 0.3) is 11.0 Å². The number of fused-ring (bicyclic) bond motifs is 2. The van der Waals surface area contributed by atoms with Gasteiger partial charge in [0.1, 0.15) is 25.3 Å². The highest BCUT2D eigenvalue weighted by molar-refractivity contribution is 5.95. The Kier molecular flexibility index (Phi) is 7.20. The number of imidazole rings is 1. The highest BCUT2D eigenvalue weighted by Crippen LogP contribution is 2.34. The average Bonchev–Trinajstić information content (AvgIpc) is 3.31. The summed E-state index contributed by atoms with van der Waals surface area (Å²) in [5.41, 5.74) is 3.80. The van der Waals surface area contributed by atoms with Gasteiger partial charge in [0.25, 0.3) is 5.91 Å². The van der Waals surface area contributed by atoms with Crippen molar-refractivity contribution in [3.8, 4) is 11.5 Å². The first kappa shape index (κ1) is 23.6. The predicted molar refractivity (Wildman–Crippen MR) is 134 cm³/mol. The number of aromatic nitrogens is 2. The van der Waals surface area contributed by atoms with Gasteiger partial charge in [-0.1, -0.05) is 12.5 Å². The number of nitrogens with one attached hydrogen (secondary N) is 3. The van der Waals surface area contributed by atoms with E-state index in [1.165, 1.54) is 5.56 Å². The first-order valence-electron chi connectivity index (χ1n) is 12.6. The number of amides is 1. The van der Waals surface area contributed by atoms with Crippen molar-refractivity contribution in [3.63, 3.8) is 0 Å². The molecule has 3 N–H and O–H groups in total. The van der Waals surface area contributed by atoms with Gasteiger partial charge >= 0.3 is 0 Å². The van der Waals surface area contributed by atoms with Crippen molar-refractivity contribution < 1.29 is 19.0 Å². The molecule has 2 aromatic carbocycles. The number of H-pyrrole nitrogens is 1. The maximum absolute atomic E-state index is 12.9. The van der Waals surface area contributed by atoms with E-state index in [-0.39, 0.29) is 18.2 Å². The van der Waals surface area contributed by atoms with E-state index < -0.39 is 0 Å². The number of hydrogen-bond donors (Lipinski definition) is 3. The number of benzene rings is 2. The minimum Gasteiger partial charge on any atom is -0.486 e. The summed E-state index contributed by atoms with van der Waals surface area (Å²) in [5.74, 6) is 2.55. The van der Waals surface area contributed by atoms with Crippen LogP contribution in [-0.4, -0.2) is 48.0 Å². The van der Waals surface area contributed by atoms with Gasteiger partial charge in [0.15, 0.2) is 11.5 Å². The third kappa shape index (κ3) is 5.60. The molecule has 2 aliphatic rings. The van der Waals surface area contributed by atoms with Gasteiger partial charge in [0.2, 0.25) is 0 Å². The lowest BCUT2D eigenvalue weighted by atomic mass is 9.85. The van der Waals surface area contributed by atoms with Crippen molar-refractivity contribution in [2.45, 2.75) is 64.3 Å². The largest absolute Gasteiger partial charge is 0.486 e. The molecular formula is C27H34N4O4. The van der Waals surface area contributed by atoms with Crippen LogP contribution in [0, 0.1) is 0 Å². The van der Waals surface area contributed by atoms with Gasteiger partial charge in [-0.2, -0.15) is 0 Å². The van der Waals surface area contributed by atoms with Crippen molar-refractivity contribution >= 4 is 16.9 Å². The summed E-state index contributed by atoms with van der Waals surface area (Å²) in [6.07, 6.45) is 3.98. The fraction of sp³-hybridized carbons (Fsp3) is 0.481. The maximum atomic E-state index is 12.9. The summed E-state index contributed by atoms with van der Waals surface area (Å²) in [7, 11) is 0. The molecule has 35 heavy (non-hydrogen) atoms. The van der Waals surface area contributed by atoms with Crippen LogP contribution in [0.2, 0.25) is 0 Å². The highest BCUT2D eigenvalue weighted by Gasteiger charge is 2.27. The highest BCUT2D eigenvalue weighted by atomic mass is 16.6. The van der Waals surface area contributed by atoms with Crippen LogP contribution in [0.4, 0.5) is 0 Å². The fourth-order valence-corrected chi connectivity index (χ4v) is 4.97. The molecule has 1 aliphatic carbocycles. The molecule has 8 nitrogen and oxygen atoms in total. The zero-order chi connectivity index (χ0) is 24.2. The van der Waals surface area contributed by atoms with Gasteiger partial charge in [0, 0.05) is 30.7 Å². The number of ether oxygens (including phenoxy) is 3. The molecule has 3 atom stereocenters. The Morgan fingerprint density at radius 2 is 2.03 bits per heavy atom. The van der Waals surface area contributed by atoms with Crippen LogP contribution in [-0.2, 0) is 11.3 Å². The van der Waals surface area contributed by atoms with Gasteiger partial charge in [-0.15, -0.1) is 0 Å². The predicted octanol–water partition coefficient (Wildman–Crippen LogP) is 4.26. The van der Waals surface area contributed by atoms with Crippen LogP contribution in [0.5, 0.6) is 11.5 Å². The Morgan fingerprint density at radius 3 is 2.89 bits per heavy atom. The summed E-state index contributed by atoms with van der Waals surface area (Å²) < 4.78 is 16.7. The molecule has 1 unspecified atom stereocenters. The van der Waals surface area contributed by atoms with E-state index in [2.05, 4.69) is 33.8 Å². The Balaban J connectivity index is 1.22. The molecular weight excluding hydrogens is 444 g/mol. The molecule has 186 valence electrons. The molecule has 1 amide bonds. The number of hydrogen-bond acceptors (Lipinski definition) is 6. The molecule has 3 aromatic rings. The number of aromatic amines is 1. The lowest BCUT2D eigenvalue weighted by Crippen LogP contribution is -2.38. The molecule has 0 bridgehead atoms. The van der Waals surface area contributed by atoms with Gasteiger partial charge in [-0.25, -0.2) is 4.98 Å². The van der Waals surface area contributed by atoms with Crippen LogP contribution >= 0.6 is 0 Å². The molecule has 0 spiro atoms. The van der Waals surface area contributed by atoms with Crippen molar-refractivity contribution in [3.05, 3.63) is 53.3 Å². The van der Waals surface area contributed by atoms with E-state index in [0.29, 0.717) is 42.8 Å². The van der Waals surface area contributed by atoms with Crippen LogP contribution < -0.4 is 20.1 Å². The van der Waals surface area contributed by atoms with Crippen LogP contribution in [0.1, 0.15) is 67.2 Å². The third-order valence-corrected chi connectivity index (χ3v) is 6.78. The summed E-state index contributed by atoms with van der Waals surface area (Å²) >= 11 is 0. The quantitative estimate of drug-likeness (QED) is 0.419. The summed E-state index contributed by atoms with van der Waals surface area (Å²) in [5, 5.41) is 6.60. The van der Waals surface area contributed by atoms with Crippen molar-refractivity contribution in [2.24, 2.45) is 0 Å². The van der Waals surface area contributed by atoms with E-state index in [0.717, 1.165) is 49.1 Å². The number of rotatable bonds is 8. The second-order valence-corrected chi connectivity index (χ2v) is 9.34. The normalized spacial score (nSPS) is 20.5. The van der Waals surface area contributed by atoms with E-state index in [9.17, 15) is 4.79 Å². The minimum atomic E-state index is -0.0735. The standard InChI is InChI=1S/C27H34N4O4/c1-3-33-17(2)28-16-18-7-9-22-23(13-18)31-26(30-22)19-5-4-6-21(14-19)29-27(32)20-8-10-24-25(15-20)35-12-11-34-24/h7-10,13,15,17,19,21,28H,3-6,11-12,14,16H2,1-2H3,(H,29,32)(H,30,31)/t17?,19-,21+/m0/s1.